The van der Waals surface area contributed by atoms with Gasteiger partial charge in [0.15, 0.2) is 0 Å². The van der Waals surface area contributed by atoms with Crippen LogP contribution < -0.4 is 4.90 Å². The van der Waals surface area contributed by atoms with Gasteiger partial charge >= 0.3 is 6.18 Å². The minimum Gasteiger partial charge on any atom is -0.356 e. The minimum atomic E-state index is -4.58. The Morgan fingerprint density at radius 2 is 1.90 bits per heavy atom. The molecule has 1 aromatic heterocycles. The van der Waals surface area contributed by atoms with E-state index in [1.54, 1.807) is 0 Å². The number of alkyl halides is 3. The van der Waals surface area contributed by atoms with Gasteiger partial charge in [-0.1, -0.05) is 32.4 Å². The summed E-state index contributed by atoms with van der Waals surface area (Å²) < 4.78 is 38.1. The van der Waals surface area contributed by atoms with Crippen LogP contribution in [0.1, 0.15) is 33.0 Å². The third-order valence-corrected chi connectivity index (χ3v) is 3.87. The Morgan fingerprint density at radius 3 is 2.40 bits per heavy atom. The molecule has 0 bridgehead atoms. The lowest BCUT2D eigenvalue weighted by molar-refractivity contribution is -0.144. The number of anilines is 1. The molecule has 0 spiro atoms. The van der Waals surface area contributed by atoms with E-state index in [0.717, 1.165) is 6.42 Å². The van der Waals surface area contributed by atoms with Crippen molar-refractivity contribution in [1.82, 2.24) is 9.97 Å². The van der Waals surface area contributed by atoms with E-state index in [2.05, 4.69) is 30.7 Å². The first kappa shape index (κ1) is 15.4. The molecule has 1 aliphatic rings. The average Bonchev–Trinajstić information content (AvgIpc) is 2.75. The predicted molar refractivity (Wildman–Crippen MR) is 71.8 cm³/mol. The normalized spacial score (nSPS) is 20.6. The summed E-state index contributed by atoms with van der Waals surface area (Å²) in [5.74, 6) is -0.506. The lowest BCUT2D eigenvalue weighted by Gasteiger charge is -2.27. The predicted octanol–water partition coefficient (Wildman–Crippen LogP) is 4.02. The van der Waals surface area contributed by atoms with E-state index in [1.807, 2.05) is 4.90 Å². The highest BCUT2D eigenvalue weighted by molar-refractivity contribution is 6.29. The van der Waals surface area contributed by atoms with Crippen molar-refractivity contribution in [3.8, 4) is 0 Å². The monoisotopic (exact) mass is 307 g/mol. The Labute approximate surface area is 121 Å². The van der Waals surface area contributed by atoms with Gasteiger partial charge in [0.2, 0.25) is 5.82 Å². The second kappa shape index (κ2) is 5.06. The van der Waals surface area contributed by atoms with Gasteiger partial charge < -0.3 is 4.90 Å². The Balaban J connectivity index is 2.25. The van der Waals surface area contributed by atoms with Crippen LogP contribution in [0.3, 0.4) is 0 Å². The van der Waals surface area contributed by atoms with Crippen LogP contribution in [-0.2, 0) is 6.18 Å². The molecule has 1 atom stereocenters. The van der Waals surface area contributed by atoms with Crippen molar-refractivity contribution in [2.24, 2.45) is 11.3 Å². The highest BCUT2D eigenvalue weighted by Crippen LogP contribution is 2.36. The molecule has 0 aliphatic carbocycles. The van der Waals surface area contributed by atoms with Crippen molar-refractivity contribution in [2.75, 3.05) is 18.0 Å². The maximum Gasteiger partial charge on any atom is 0.451 e. The van der Waals surface area contributed by atoms with Gasteiger partial charge in [-0.2, -0.15) is 13.2 Å². The first-order valence-electron chi connectivity index (χ1n) is 6.44. The minimum absolute atomic E-state index is 0.123. The number of hydrogen-bond donors (Lipinski definition) is 0. The molecule has 7 heteroatoms. The van der Waals surface area contributed by atoms with Gasteiger partial charge in [-0.05, 0) is 17.8 Å². The van der Waals surface area contributed by atoms with Gasteiger partial charge in [0.05, 0.1) is 0 Å². The second-order valence-corrected chi connectivity index (χ2v) is 6.56. The summed E-state index contributed by atoms with van der Waals surface area (Å²) in [6.45, 7) is 7.78. The highest BCUT2D eigenvalue weighted by atomic mass is 35.5. The molecule has 1 saturated heterocycles. The molecule has 1 aromatic rings. The van der Waals surface area contributed by atoms with Crippen molar-refractivity contribution in [2.45, 2.75) is 33.4 Å². The van der Waals surface area contributed by atoms with Crippen LogP contribution in [0.2, 0.25) is 5.15 Å². The smallest absolute Gasteiger partial charge is 0.356 e. The van der Waals surface area contributed by atoms with E-state index < -0.39 is 12.0 Å². The van der Waals surface area contributed by atoms with Crippen LogP contribution in [0, 0.1) is 11.3 Å². The fourth-order valence-corrected chi connectivity index (χ4v) is 2.55. The Bertz CT molecular complexity index is 497. The number of nitrogens with zero attached hydrogens (tertiary/aromatic N) is 3. The molecule has 0 saturated carbocycles. The maximum atomic E-state index is 12.7. The first-order chi connectivity index (χ1) is 9.07. The molecule has 0 radical (unpaired) electrons. The van der Waals surface area contributed by atoms with E-state index in [1.165, 1.54) is 6.07 Å². The van der Waals surface area contributed by atoms with Gasteiger partial charge in [0, 0.05) is 19.2 Å². The first-order valence-corrected chi connectivity index (χ1v) is 6.82. The molecule has 2 rings (SSSR count). The molecule has 3 nitrogen and oxygen atoms in total. The molecule has 1 unspecified atom stereocenters. The summed E-state index contributed by atoms with van der Waals surface area (Å²) in [7, 11) is 0. The molecule has 1 aliphatic heterocycles. The fraction of sp³-hybridized carbons (Fsp3) is 0.692. The fourth-order valence-electron chi connectivity index (χ4n) is 2.37. The largest absolute Gasteiger partial charge is 0.451 e. The molecular weight excluding hydrogens is 291 g/mol. The van der Waals surface area contributed by atoms with E-state index >= 15 is 0 Å². The summed E-state index contributed by atoms with van der Waals surface area (Å²) in [5.41, 5.74) is 0.123. The number of hydrogen-bond acceptors (Lipinski definition) is 3. The molecule has 1 fully saturated rings. The summed E-state index contributed by atoms with van der Waals surface area (Å²) >= 11 is 5.68. The van der Waals surface area contributed by atoms with Crippen molar-refractivity contribution < 1.29 is 13.2 Å². The van der Waals surface area contributed by atoms with Gasteiger partial charge in [-0.25, -0.2) is 9.97 Å². The van der Waals surface area contributed by atoms with Crippen LogP contribution >= 0.6 is 11.6 Å². The Morgan fingerprint density at radius 1 is 1.25 bits per heavy atom. The van der Waals surface area contributed by atoms with E-state index in [0.29, 0.717) is 19.0 Å². The molecule has 2 heterocycles. The summed E-state index contributed by atoms with van der Waals surface area (Å²) in [6.07, 6.45) is -3.64. The topological polar surface area (TPSA) is 29.0 Å². The molecular formula is C13H17ClF3N3. The third kappa shape index (κ3) is 3.34. The lowest BCUT2D eigenvalue weighted by atomic mass is 9.80. The zero-order chi connectivity index (χ0) is 15.1. The maximum absolute atomic E-state index is 12.7. The van der Waals surface area contributed by atoms with Crippen molar-refractivity contribution in [3.05, 3.63) is 17.0 Å². The van der Waals surface area contributed by atoms with E-state index in [4.69, 9.17) is 11.6 Å². The van der Waals surface area contributed by atoms with Gasteiger partial charge in [-0.3, -0.25) is 0 Å². The van der Waals surface area contributed by atoms with Crippen molar-refractivity contribution >= 4 is 17.4 Å². The standard InChI is InChI=1S/C13H17ClF3N3/c1-12(2,3)8-4-5-20(7-8)10-6-9(14)18-11(19-10)13(15,16)17/h6,8H,4-5,7H2,1-3H3. The Kier molecular flexibility index (Phi) is 3.88. The summed E-state index contributed by atoms with van der Waals surface area (Å²) in [6, 6.07) is 1.39. The second-order valence-electron chi connectivity index (χ2n) is 6.17. The average molecular weight is 308 g/mol. The summed E-state index contributed by atoms with van der Waals surface area (Å²) in [5, 5.41) is -0.179. The molecule has 112 valence electrons. The SMILES string of the molecule is CC(C)(C)C1CCN(c2cc(Cl)nc(C(F)(F)F)n2)C1. The van der Waals surface area contributed by atoms with Crippen LogP contribution in [0.4, 0.5) is 19.0 Å². The molecule has 0 N–H and O–H groups in total. The highest BCUT2D eigenvalue weighted by Gasteiger charge is 2.37. The lowest BCUT2D eigenvalue weighted by Crippen LogP contribution is -2.27. The van der Waals surface area contributed by atoms with Gasteiger partial charge in [0.25, 0.3) is 0 Å². The van der Waals surface area contributed by atoms with E-state index in [-0.39, 0.29) is 16.4 Å². The van der Waals surface area contributed by atoms with Crippen LogP contribution in [0.15, 0.2) is 6.07 Å². The zero-order valence-electron chi connectivity index (χ0n) is 11.6. The van der Waals surface area contributed by atoms with Gasteiger partial charge in [0.1, 0.15) is 11.0 Å². The summed E-state index contributed by atoms with van der Waals surface area (Å²) in [4.78, 5) is 8.70. The molecule has 20 heavy (non-hydrogen) atoms. The quantitative estimate of drug-likeness (QED) is 0.734. The van der Waals surface area contributed by atoms with Crippen LogP contribution in [0.5, 0.6) is 0 Å². The number of halogens is 4. The van der Waals surface area contributed by atoms with Crippen molar-refractivity contribution in [1.29, 1.82) is 0 Å². The number of rotatable bonds is 1. The molecule has 0 amide bonds. The number of aromatic nitrogens is 2. The van der Waals surface area contributed by atoms with Gasteiger partial charge in [-0.15, -0.1) is 0 Å². The van der Waals surface area contributed by atoms with Crippen LogP contribution in [-0.4, -0.2) is 23.1 Å². The van der Waals surface area contributed by atoms with Crippen molar-refractivity contribution in [3.63, 3.8) is 0 Å². The molecule has 0 aromatic carbocycles. The van der Waals surface area contributed by atoms with Crippen LogP contribution in [0.25, 0.3) is 0 Å². The zero-order valence-corrected chi connectivity index (χ0v) is 12.4. The Hall–Kier alpha value is -1.04. The van der Waals surface area contributed by atoms with E-state index in [9.17, 15) is 13.2 Å². The third-order valence-electron chi connectivity index (χ3n) is 3.67.